The van der Waals surface area contributed by atoms with Crippen LogP contribution in [0.5, 0.6) is 0 Å². The molecule has 0 aromatic rings. The Labute approximate surface area is 98.3 Å². The molecule has 0 fully saturated rings. The monoisotopic (exact) mass is 312 g/mol. The standard InChI is InChI=1S/C8H17NO.Tm/c1-5-8(4,10)7(3)9-6-2;/h10H,5-6H2,1-4H3;. The Hall–Kier alpha value is 0.864. The van der Waals surface area contributed by atoms with Crippen molar-refractivity contribution in [3.63, 3.8) is 0 Å². The van der Waals surface area contributed by atoms with Gasteiger partial charge in [0.05, 0.1) is 5.60 Å². The van der Waals surface area contributed by atoms with Gasteiger partial charge in [-0.1, -0.05) is 6.92 Å². The molecule has 0 aromatic heterocycles. The zero-order chi connectivity index (χ0) is 8.20. The third-order valence-corrected chi connectivity index (χ3v) is 1.86. The van der Waals surface area contributed by atoms with Crippen molar-refractivity contribution in [2.24, 2.45) is 4.99 Å². The van der Waals surface area contributed by atoms with Gasteiger partial charge in [-0.25, -0.2) is 0 Å². The van der Waals surface area contributed by atoms with Crippen LogP contribution in [0.2, 0.25) is 0 Å². The molecule has 1 radical (unpaired) electrons. The Morgan fingerprint density at radius 2 is 1.91 bits per heavy atom. The summed E-state index contributed by atoms with van der Waals surface area (Å²) in [5, 5.41) is 9.59. The van der Waals surface area contributed by atoms with E-state index in [1.807, 2.05) is 20.8 Å². The molecular weight excluding hydrogens is 295 g/mol. The number of hydrogen-bond acceptors (Lipinski definition) is 2. The molecule has 0 aliphatic carbocycles. The van der Waals surface area contributed by atoms with E-state index in [1.54, 1.807) is 6.92 Å². The Balaban J connectivity index is 0. The van der Waals surface area contributed by atoms with Crippen molar-refractivity contribution in [3.8, 4) is 0 Å². The first-order valence-electron chi connectivity index (χ1n) is 3.78. The van der Waals surface area contributed by atoms with Gasteiger partial charge in [-0.3, -0.25) is 4.99 Å². The summed E-state index contributed by atoms with van der Waals surface area (Å²) in [6, 6.07) is 0. The predicted molar refractivity (Wildman–Crippen MR) is 44.6 cm³/mol. The molecule has 3 heteroatoms. The van der Waals surface area contributed by atoms with Gasteiger partial charge < -0.3 is 5.11 Å². The zero-order valence-corrected chi connectivity index (χ0v) is 9.37. The SMILES string of the molecule is CCN=C(C)C(C)(O)CC.[Tm]. The minimum atomic E-state index is -0.698. The first-order chi connectivity index (χ1) is 4.54. The van der Waals surface area contributed by atoms with E-state index in [0.29, 0.717) is 0 Å². The minimum Gasteiger partial charge on any atom is -0.384 e. The first-order valence-corrected chi connectivity index (χ1v) is 3.78. The molecule has 73 valence electrons. The maximum absolute atomic E-state index is 9.59. The van der Waals surface area contributed by atoms with Gasteiger partial charge in [0.1, 0.15) is 0 Å². The minimum absolute atomic E-state index is 0. The van der Waals surface area contributed by atoms with Gasteiger partial charge in [0.2, 0.25) is 0 Å². The second-order valence-electron chi connectivity index (χ2n) is 2.69. The Morgan fingerprint density at radius 1 is 1.45 bits per heavy atom. The number of hydrogen-bond donors (Lipinski definition) is 1. The summed E-state index contributed by atoms with van der Waals surface area (Å²) in [5.74, 6) is 0. The van der Waals surface area contributed by atoms with Crippen LogP contribution in [0.15, 0.2) is 4.99 Å². The molecule has 1 atom stereocenters. The third kappa shape index (κ3) is 5.16. The zero-order valence-electron chi connectivity index (χ0n) is 7.59. The van der Waals surface area contributed by atoms with E-state index < -0.39 is 5.60 Å². The summed E-state index contributed by atoms with van der Waals surface area (Å²) in [6.07, 6.45) is 0.725. The van der Waals surface area contributed by atoms with Gasteiger partial charge in [-0.05, 0) is 27.2 Å². The van der Waals surface area contributed by atoms with E-state index in [1.165, 1.54) is 0 Å². The Kier molecular flexibility index (Phi) is 8.36. The van der Waals surface area contributed by atoms with E-state index in [0.717, 1.165) is 18.7 Å². The maximum atomic E-state index is 9.59. The van der Waals surface area contributed by atoms with Crippen LogP contribution in [0.3, 0.4) is 0 Å². The maximum Gasteiger partial charge on any atom is 0.0988 e. The molecule has 0 amide bonds. The largest absolute Gasteiger partial charge is 0.384 e. The summed E-state index contributed by atoms with van der Waals surface area (Å²) < 4.78 is 0. The van der Waals surface area contributed by atoms with Crippen LogP contribution in [-0.2, 0) is 0 Å². The van der Waals surface area contributed by atoms with E-state index in [2.05, 4.69) is 4.99 Å². The van der Waals surface area contributed by atoms with Crippen LogP contribution >= 0.6 is 0 Å². The molecule has 0 saturated heterocycles. The first kappa shape index (κ1) is 14.4. The van der Waals surface area contributed by atoms with E-state index in [4.69, 9.17) is 0 Å². The fourth-order valence-corrected chi connectivity index (χ4v) is 0.663. The molecule has 11 heavy (non-hydrogen) atoms. The fourth-order valence-electron chi connectivity index (χ4n) is 0.663. The molecule has 0 rings (SSSR count). The van der Waals surface area contributed by atoms with Gasteiger partial charge >= 0.3 is 0 Å². The van der Waals surface area contributed by atoms with Crippen molar-refractivity contribution in [2.45, 2.75) is 39.7 Å². The Bertz CT molecular complexity index is 132. The molecular formula is C8H17NOTm. The van der Waals surface area contributed by atoms with Crippen LogP contribution in [-0.4, -0.2) is 23.0 Å². The number of nitrogens with zero attached hydrogens (tertiary/aromatic N) is 1. The molecule has 0 saturated carbocycles. The molecule has 0 heterocycles. The smallest absolute Gasteiger partial charge is 0.0988 e. The molecule has 0 aliphatic heterocycles. The number of aliphatic hydroxyl groups is 1. The Morgan fingerprint density at radius 3 is 2.18 bits per heavy atom. The summed E-state index contributed by atoms with van der Waals surface area (Å²) in [4.78, 5) is 4.13. The third-order valence-electron chi connectivity index (χ3n) is 1.86. The molecule has 0 aromatic carbocycles. The van der Waals surface area contributed by atoms with Crippen LogP contribution in [0, 0.1) is 36.9 Å². The van der Waals surface area contributed by atoms with Crippen molar-refractivity contribution in [3.05, 3.63) is 0 Å². The summed E-state index contributed by atoms with van der Waals surface area (Å²) in [6.45, 7) is 8.33. The van der Waals surface area contributed by atoms with Crippen molar-refractivity contribution in [1.29, 1.82) is 0 Å². The summed E-state index contributed by atoms with van der Waals surface area (Å²) in [5.41, 5.74) is 0.133. The van der Waals surface area contributed by atoms with Crippen LogP contribution < -0.4 is 0 Å². The van der Waals surface area contributed by atoms with Gasteiger partial charge in [0, 0.05) is 49.1 Å². The van der Waals surface area contributed by atoms with Crippen LogP contribution in [0.4, 0.5) is 0 Å². The topological polar surface area (TPSA) is 32.6 Å². The quantitative estimate of drug-likeness (QED) is 0.790. The molecule has 1 N–H and O–H groups in total. The molecule has 0 aliphatic rings. The summed E-state index contributed by atoms with van der Waals surface area (Å²) in [7, 11) is 0. The predicted octanol–water partition coefficient (Wildman–Crippen LogP) is 1.63. The van der Waals surface area contributed by atoms with Crippen LogP contribution in [0.1, 0.15) is 34.1 Å². The normalized spacial score (nSPS) is 17.0. The average Bonchev–Trinajstić information content (AvgIpc) is 1.89. The number of aliphatic imine (C=N–C) groups is 1. The van der Waals surface area contributed by atoms with Crippen molar-refractivity contribution >= 4 is 5.71 Å². The van der Waals surface area contributed by atoms with Gasteiger partial charge in [0.15, 0.2) is 0 Å². The van der Waals surface area contributed by atoms with E-state index in [-0.39, 0.29) is 36.9 Å². The molecule has 0 spiro atoms. The van der Waals surface area contributed by atoms with Crippen molar-refractivity contribution in [1.82, 2.24) is 0 Å². The molecule has 1 unspecified atom stereocenters. The van der Waals surface area contributed by atoms with Gasteiger partial charge in [-0.2, -0.15) is 0 Å². The van der Waals surface area contributed by atoms with Gasteiger partial charge in [0.25, 0.3) is 0 Å². The van der Waals surface area contributed by atoms with Gasteiger partial charge in [-0.15, -0.1) is 0 Å². The second kappa shape index (κ2) is 6.39. The van der Waals surface area contributed by atoms with E-state index in [9.17, 15) is 5.11 Å². The van der Waals surface area contributed by atoms with E-state index >= 15 is 0 Å². The second-order valence-corrected chi connectivity index (χ2v) is 2.69. The van der Waals surface area contributed by atoms with Crippen molar-refractivity contribution < 1.29 is 42.0 Å². The van der Waals surface area contributed by atoms with Crippen LogP contribution in [0.25, 0.3) is 0 Å². The number of rotatable bonds is 3. The van der Waals surface area contributed by atoms with Crippen molar-refractivity contribution in [2.75, 3.05) is 6.54 Å². The average molecular weight is 312 g/mol. The summed E-state index contributed by atoms with van der Waals surface area (Å²) >= 11 is 0. The fraction of sp³-hybridized carbons (Fsp3) is 0.875. The molecule has 2 nitrogen and oxygen atoms in total. The molecule has 0 bridgehead atoms.